The molecule has 2 rings (SSSR count). The van der Waals surface area contributed by atoms with Crippen molar-refractivity contribution in [3.63, 3.8) is 0 Å². The molecule has 0 atom stereocenters. The Kier molecular flexibility index (Phi) is 2.98. The van der Waals surface area contributed by atoms with E-state index in [4.69, 9.17) is 9.47 Å². The van der Waals surface area contributed by atoms with E-state index in [1.165, 1.54) is 12.5 Å². The Morgan fingerprint density at radius 3 is 2.25 bits per heavy atom. The summed E-state index contributed by atoms with van der Waals surface area (Å²) in [7, 11) is 0. The molecule has 0 bridgehead atoms. The van der Waals surface area contributed by atoms with Crippen LogP contribution in [-0.2, 0) is 9.47 Å². The molecular formula is C13H20O3. The summed E-state index contributed by atoms with van der Waals surface area (Å²) in [6.45, 7) is 4.51. The van der Waals surface area contributed by atoms with Crippen LogP contribution < -0.4 is 0 Å². The van der Waals surface area contributed by atoms with Crippen molar-refractivity contribution < 1.29 is 14.6 Å². The van der Waals surface area contributed by atoms with Crippen LogP contribution in [0.25, 0.3) is 0 Å². The second kappa shape index (κ2) is 4.13. The third-order valence-corrected chi connectivity index (χ3v) is 3.51. The molecule has 0 amide bonds. The zero-order valence-electron chi connectivity index (χ0n) is 9.98. The van der Waals surface area contributed by atoms with Gasteiger partial charge in [0.2, 0.25) is 0 Å². The molecule has 1 aliphatic heterocycles. The van der Waals surface area contributed by atoms with Gasteiger partial charge in [-0.3, -0.25) is 0 Å². The summed E-state index contributed by atoms with van der Waals surface area (Å²) in [4.78, 5) is 0. The maximum atomic E-state index is 10.3. The summed E-state index contributed by atoms with van der Waals surface area (Å²) in [6.07, 6.45) is 10.0. The van der Waals surface area contributed by atoms with Gasteiger partial charge >= 0.3 is 0 Å². The van der Waals surface area contributed by atoms with Gasteiger partial charge in [0.05, 0.1) is 5.60 Å². The largest absolute Gasteiger partial charge is 0.456 e. The second-order valence-electron chi connectivity index (χ2n) is 5.54. The number of hydrogen-bond acceptors (Lipinski definition) is 3. The van der Waals surface area contributed by atoms with Crippen LogP contribution in [0.5, 0.6) is 0 Å². The first-order chi connectivity index (χ1) is 7.49. The fraction of sp³-hybridized carbons (Fsp3) is 0.692. The molecule has 3 heteroatoms. The lowest BCUT2D eigenvalue weighted by Crippen LogP contribution is -2.35. The van der Waals surface area contributed by atoms with Crippen LogP contribution in [0.4, 0.5) is 0 Å². The van der Waals surface area contributed by atoms with Gasteiger partial charge in [-0.15, -0.1) is 0 Å². The molecular weight excluding hydrogens is 204 g/mol. The lowest BCUT2D eigenvalue weighted by atomic mass is 9.71. The van der Waals surface area contributed by atoms with Crippen LogP contribution in [0.15, 0.2) is 24.7 Å². The molecule has 2 aliphatic rings. The lowest BCUT2D eigenvalue weighted by molar-refractivity contribution is 0.00251. The van der Waals surface area contributed by atoms with E-state index in [1.807, 2.05) is 6.08 Å². The zero-order valence-corrected chi connectivity index (χ0v) is 9.98. The van der Waals surface area contributed by atoms with Crippen LogP contribution >= 0.6 is 0 Å². The molecule has 1 heterocycles. The monoisotopic (exact) mass is 224 g/mol. The van der Waals surface area contributed by atoms with Crippen molar-refractivity contribution in [2.45, 2.75) is 51.4 Å². The van der Waals surface area contributed by atoms with Crippen molar-refractivity contribution in [1.82, 2.24) is 0 Å². The van der Waals surface area contributed by atoms with Crippen LogP contribution in [0.2, 0.25) is 0 Å². The molecule has 0 saturated heterocycles. The maximum Gasteiger partial charge on any atom is 0.259 e. The van der Waals surface area contributed by atoms with Gasteiger partial charge in [0, 0.05) is 0 Å². The summed E-state index contributed by atoms with van der Waals surface area (Å²) in [5, 5.41) is 10.3. The second-order valence-corrected chi connectivity index (χ2v) is 5.54. The summed E-state index contributed by atoms with van der Waals surface area (Å²) in [6, 6.07) is 0. The van der Waals surface area contributed by atoms with Crippen molar-refractivity contribution in [1.29, 1.82) is 0 Å². The number of hydrogen-bond donors (Lipinski definition) is 1. The summed E-state index contributed by atoms with van der Waals surface area (Å²) >= 11 is 0. The molecule has 0 aromatic heterocycles. The lowest BCUT2D eigenvalue weighted by Gasteiger charge is -2.38. The van der Waals surface area contributed by atoms with Crippen molar-refractivity contribution >= 4 is 0 Å². The number of ether oxygens (including phenoxy) is 2. The number of rotatable bonds is 2. The van der Waals surface area contributed by atoms with Crippen molar-refractivity contribution in [2.75, 3.05) is 0 Å². The molecule has 16 heavy (non-hydrogen) atoms. The molecule has 0 aromatic carbocycles. The Hall–Kier alpha value is -0.960. The number of aliphatic hydroxyl groups is 1. The highest BCUT2D eigenvalue weighted by Crippen LogP contribution is 2.40. The Bertz CT molecular complexity index is 286. The third kappa shape index (κ3) is 2.79. The standard InChI is InChI=1S/C13H20O3/c1-12(2)5-7-13(14,8-6-12)4-3-11-15-9-10-16-11/h3-4,9-11,14H,5-8H2,1-2H3/b4-3+. The molecule has 90 valence electrons. The molecule has 0 radical (unpaired) electrons. The Balaban J connectivity index is 1.89. The molecule has 1 fully saturated rings. The van der Waals surface area contributed by atoms with E-state index in [9.17, 15) is 5.11 Å². The van der Waals surface area contributed by atoms with Gasteiger partial charge < -0.3 is 14.6 Å². The SMILES string of the molecule is CC1(C)CCC(O)(/C=C/C2OC=CO2)CC1. The summed E-state index contributed by atoms with van der Waals surface area (Å²) in [5.41, 5.74) is -0.313. The van der Waals surface area contributed by atoms with Gasteiger partial charge in [-0.1, -0.05) is 13.8 Å². The quantitative estimate of drug-likeness (QED) is 0.733. The predicted octanol–water partition coefficient (Wildman–Crippen LogP) is 2.72. The smallest absolute Gasteiger partial charge is 0.259 e. The van der Waals surface area contributed by atoms with E-state index in [1.54, 1.807) is 6.08 Å². The Morgan fingerprint density at radius 1 is 1.12 bits per heavy atom. The first kappa shape index (κ1) is 11.5. The first-order valence-corrected chi connectivity index (χ1v) is 5.87. The van der Waals surface area contributed by atoms with Crippen molar-refractivity contribution in [2.24, 2.45) is 5.41 Å². The van der Waals surface area contributed by atoms with Crippen LogP contribution in [0.1, 0.15) is 39.5 Å². The first-order valence-electron chi connectivity index (χ1n) is 5.87. The Morgan fingerprint density at radius 2 is 1.69 bits per heavy atom. The van der Waals surface area contributed by atoms with E-state index in [0.29, 0.717) is 5.41 Å². The van der Waals surface area contributed by atoms with Crippen LogP contribution in [0, 0.1) is 5.41 Å². The van der Waals surface area contributed by atoms with Gasteiger partial charge in [-0.2, -0.15) is 0 Å². The zero-order chi connectivity index (χ0) is 11.6. The fourth-order valence-electron chi connectivity index (χ4n) is 2.13. The molecule has 1 saturated carbocycles. The van der Waals surface area contributed by atoms with Crippen molar-refractivity contribution in [3.8, 4) is 0 Å². The summed E-state index contributed by atoms with van der Waals surface area (Å²) in [5.74, 6) is 0. The average Bonchev–Trinajstić information content (AvgIpc) is 2.74. The molecule has 1 aliphatic carbocycles. The van der Waals surface area contributed by atoms with Crippen LogP contribution in [0.3, 0.4) is 0 Å². The van der Waals surface area contributed by atoms with E-state index in [2.05, 4.69) is 13.8 Å². The van der Waals surface area contributed by atoms with E-state index in [-0.39, 0.29) is 6.29 Å². The molecule has 0 spiro atoms. The minimum Gasteiger partial charge on any atom is -0.456 e. The van der Waals surface area contributed by atoms with Crippen LogP contribution in [-0.4, -0.2) is 17.0 Å². The highest BCUT2D eigenvalue weighted by molar-refractivity contribution is 5.06. The Labute approximate surface area is 96.7 Å². The van der Waals surface area contributed by atoms with E-state index in [0.717, 1.165) is 25.7 Å². The highest BCUT2D eigenvalue weighted by Gasteiger charge is 2.34. The fourth-order valence-corrected chi connectivity index (χ4v) is 2.13. The minimum absolute atomic E-state index is 0.362. The van der Waals surface area contributed by atoms with Gasteiger partial charge in [-0.25, -0.2) is 0 Å². The molecule has 0 unspecified atom stereocenters. The van der Waals surface area contributed by atoms with E-state index >= 15 is 0 Å². The minimum atomic E-state index is -0.676. The van der Waals surface area contributed by atoms with Gasteiger partial charge in [-0.05, 0) is 43.3 Å². The molecule has 1 N–H and O–H groups in total. The third-order valence-electron chi connectivity index (χ3n) is 3.51. The molecule has 3 nitrogen and oxygen atoms in total. The predicted molar refractivity (Wildman–Crippen MR) is 61.4 cm³/mol. The van der Waals surface area contributed by atoms with E-state index < -0.39 is 5.60 Å². The molecule has 0 aromatic rings. The highest BCUT2D eigenvalue weighted by atomic mass is 16.7. The van der Waals surface area contributed by atoms with Gasteiger partial charge in [0.15, 0.2) is 0 Å². The van der Waals surface area contributed by atoms with Gasteiger partial charge in [0.1, 0.15) is 12.5 Å². The topological polar surface area (TPSA) is 38.7 Å². The van der Waals surface area contributed by atoms with Crippen molar-refractivity contribution in [3.05, 3.63) is 24.7 Å². The maximum absolute atomic E-state index is 10.3. The normalized spacial score (nSPS) is 27.9. The van der Waals surface area contributed by atoms with Gasteiger partial charge in [0.25, 0.3) is 6.29 Å². The summed E-state index contributed by atoms with van der Waals surface area (Å²) < 4.78 is 10.3. The average molecular weight is 224 g/mol.